The maximum atomic E-state index is 13.2. The van der Waals surface area contributed by atoms with Crippen LogP contribution in [-0.4, -0.2) is 52.9 Å². The van der Waals surface area contributed by atoms with E-state index < -0.39 is 0 Å². The number of hydrogen-bond acceptors (Lipinski definition) is 6. The number of hydrogen-bond donors (Lipinski definition) is 0. The second-order valence-corrected chi connectivity index (χ2v) is 6.60. The first-order chi connectivity index (χ1) is 12.1. The third-order valence-electron chi connectivity index (χ3n) is 4.93. The van der Waals surface area contributed by atoms with Crippen LogP contribution in [0.25, 0.3) is 0 Å². The Morgan fingerprint density at radius 2 is 2.12 bits per heavy atom. The molecule has 0 N–H and O–H groups in total. The Hall–Kier alpha value is -2.64. The first kappa shape index (κ1) is 15.9. The number of anilines is 2. The molecule has 0 aliphatic carbocycles. The topological polar surface area (TPSA) is 76.4 Å². The zero-order chi connectivity index (χ0) is 17.6. The van der Waals surface area contributed by atoms with Crippen LogP contribution in [0.4, 0.5) is 11.5 Å². The van der Waals surface area contributed by atoms with E-state index in [1.807, 2.05) is 29.6 Å². The van der Waals surface area contributed by atoms with E-state index in [0.717, 1.165) is 42.5 Å². The van der Waals surface area contributed by atoms with Crippen molar-refractivity contribution in [3.05, 3.63) is 23.8 Å². The number of carbonyl (C=O) groups excluding carboxylic acids is 1. The zero-order valence-corrected chi connectivity index (χ0v) is 14.8. The monoisotopic (exact) mass is 342 g/mol. The number of ether oxygens (including phenoxy) is 1. The molecule has 8 nitrogen and oxygen atoms in total. The highest BCUT2D eigenvalue weighted by Crippen LogP contribution is 2.34. The molecule has 2 aromatic heterocycles. The van der Waals surface area contributed by atoms with Gasteiger partial charge in [0.05, 0.1) is 25.3 Å². The van der Waals surface area contributed by atoms with Gasteiger partial charge in [-0.1, -0.05) is 0 Å². The molecule has 2 aliphatic heterocycles. The number of methoxy groups -OCH3 is 1. The van der Waals surface area contributed by atoms with E-state index in [1.54, 1.807) is 13.2 Å². The molecule has 0 radical (unpaired) electrons. The van der Waals surface area contributed by atoms with Crippen LogP contribution >= 0.6 is 0 Å². The summed E-state index contributed by atoms with van der Waals surface area (Å²) in [7, 11) is 3.58. The van der Waals surface area contributed by atoms with Crippen molar-refractivity contribution in [1.82, 2.24) is 19.7 Å². The van der Waals surface area contributed by atoms with Crippen LogP contribution in [0.1, 0.15) is 18.1 Å². The van der Waals surface area contributed by atoms with E-state index in [2.05, 4.69) is 20.0 Å². The molecule has 4 heterocycles. The van der Waals surface area contributed by atoms with Gasteiger partial charge in [0.25, 0.3) is 0 Å². The molecule has 4 rings (SSSR count). The predicted octanol–water partition coefficient (Wildman–Crippen LogP) is 1.04. The van der Waals surface area contributed by atoms with Gasteiger partial charge in [-0.2, -0.15) is 10.1 Å². The number of aromatic nitrogens is 4. The van der Waals surface area contributed by atoms with Crippen LogP contribution in [0, 0.1) is 12.8 Å². The van der Waals surface area contributed by atoms with Gasteiger partial charge < -0.3 is 14.5 Å². The molecule has 0 spiro atoms. The third kappa shape index (κ3) is 2.71. The van der Waals surface area contributed by atoms with E-state index in [-0.39, 0.29) is 11.8 Å². The van der Waals surface area contributed by atoms with Gasteiger partial charge in [0.1, 0.15) is 11.6 Å². The summed E-state index contributed by atoms with van der Waals surface area (Å²) in [5.41, 5.74) is 0.847. The smallest absolute Gasteiger partial charge is 0.232 e. The van der Waals surface area contributed by atoms with Gasteiger partial charge in [0, 0.05) is 32.6 Å². The average Bonchev–Trinajstić information content (AvgIpc) is 3.00. The number of likely N-dealkylation sites (N-methyl/N-ethyl adjacent to an activating group) is 1. The third-order valence-corrected chi connectivity index (χ3v) is 4.93. The summed E-state index contributed by atoms with van der Waals surface area (Å²) in [4.78, 5) is 26.0. The molecule has 25 heavy (non-hydrogen) atoms. The van der Waals surface area contributed by atoms with Crippen LogP contribution < -0.4 is 14.5 Å². The Labute approximate surface area is 146 Å². The van der Waals surface area contributed by atoms with Gasteiger partial charge in [-0.05, 0) is 19.4 Å². The summed E-state index contributed by atoms with van der Waals surface area (Å²) in [6.07, 6.45) is 1.60. The van der Waals surface area contributed by atoms with Crippen LogP contribution in [0.2, 0.25) is 0 Å². The van der Waals surface area contributed by atoms with Gasteiger partial charge in [-0.3, -0.25) is 4.79 Å². The van der Waals surface area contributed by atoms with Crippen LogP contribution in [0.5, 0.6) is 5.88 Å². The predicted molar refractivity (Wildman–Crippen MR) is 93.0 cm³/mol. The fraction of sp³-hybridized carbons (Fsp3) is 0.529. The fourth-order valence-corrected chi connectivity index (χ4v) is 3.59. The Kier molecular flexibility index (Phi) is 3.82. The van der Waals surface area contributed by atoms with Crippen molar-refractivity contribution < 1.29 is 9.53 Å². The number of rotatable bonds is 2. The van der Waals surface area contributed by atoms with Crippen molar-refractivity contribution in [2.75, 3.05) is 37.0 Å². The molecule has 0 aromatic carbocycles. The van der Waals surface area contributed by atoms with E-state index in [0.29, 0.717) is 19.0 Å². The fourth-order valence-electron chi connectivity index (χ4n) is 3.59. The lowest BCUT2D eigenvalue weighted by Gasteiger charge is -2.37. The average molecular weight is 342 g/mol. The normalized spacial score (nSPS) is 19.4. The number of aryl methyl sites for hydroxylation is 2. The highest BCUT2D eigenvalue weighted by atomic mass is 16.5. The molecule has 2 aliphatic rings. The minimum Gasteiger partial charge on any atom is -0.481 e. The van der Waals surface area contributed by atoms with Crippen molar-refractivity contribution in [2.45, 2.75) is 26.3 Å². The number of nitrogens with zero attached hydrogens (tertiary/aromatic N) is 6. The first-order valence-corrected chi connectivity index (χ1v) is 8.54. The SMILES string of the molecule is COc1ccc2c(n1)N(C)CCN2C(=O)[C@H]1CCc2nc(C)nn2C1. The summed E-state index contributed by atoms with van der Waals surface area (Å²) in [5, 5.41) is 4.41. The number of carbonyl (C=O) groups is 1. The molecule has 0 fully saturated rings. The van der Waals surface area contributed by atoms with Crippen molar-refractivity contribution in [3.8, 4) is 5.88 Å². The number of amides is 1. The van der Waals surface area contributed by atoms with Crippen LogP contribution in [-0.2, 0) is 17.8 Å². The quantitative estimate of drug-likeness (QED) is 0.811. The van der Waals surface area contributed by atoms with E-state index in [9.17, 15) is 4.79 Å². The summed E-state index contributed by atoms with van der Waals surface area (Å²) in [6, 6.07) is 3.72. The lowest BCUT2D eigenvalue weighted by molar-refractivity contribution is -0.123. The maximum Gasteiger partial charge on any atom is 0.232 e. The lowest BCUT2D eigenvalue weighted by Crippen LogP contribution is -2.47. The summed E-state index contributed by atoms with van der Waals surface area (Å²) in [5.74, 6) is 3.15. The van der Waals surface area contributed by atoms with E-state index >= 15 is 0 Å². The molecule has 0 saturated heterocycles. The van der Waals surface area contributed by atoms with Crippen molar-refractivity contribution >= 4 is 17.4 Å². The minimum absolute atomic E-state index is 0.0769. The molecular weight excluding hydrogens is 320 g/mol. The highest BCUT2D eigenvalue weighted by Gasteiger charge is 2.34. The van der Waals surface area contributed by atoms with E-state index in [1.165, 1.54) is 0 Å². The Balaban J connectivity index is 1.60. The van der Waals surface area contributed by atoms with E-state index in [4.69, 9.17) is 4.74 Å². The molecule has 8 heteroatoms. The van der Waals surface area contributed by atoms with Gasteiger partial charge in [-0.15, -0.1) is 0 Å². The maximum absolute atomic E-state index is 13.2. The Bertz CT molecular complexity index is 817. The largest absolute Gasteiger partial charge is 0.481 e. The molecule has 0 saturated carbocycles. The minimum atomic E-state index is -0.0769. The molecule has 0 bridgehead atoms. The summed E-state index contributed by atoms with van der Waals surface area (Å²) < 4.78 is 7.10. The van der Waals surface area contributed by atoms with Crippen molar-refractivity contribution in [2.24, 2.45) is 5.92 Å². The van der Waals surface area contributed by atoms with Gasteiger partial charge in [0.15, 0.2) is 5.82 Å². The molecule has 1 amide bonds. The van der Waals surface area contributed by atoms with Crippen molar-refractivity contribution in [1.29, 1.82) is 0 Å². The number of fused-ring (bicyclic) bond motifs is 2. The molecule has 0 unspecified atom stereocenters. The lowest BCUT2D eigenvalue weighted by atomic mass is 9.97. The zero-order valence-electron chi connectivity index (χ0n) is 14.8. The Morgan fingerprint density at radius 1 is 1.28 bits per heavy atom. The van der Waals surface area contributed by atoms with Crippen molar-refractivity contribution in [3.63, 3.8) is 0 Å². The molecule has 2 aromatic rings. The standard InChI is InChI=1S/C17H22N6O2/c1-11-18-14-6-4-12(10-23(14)20-11)17(24)22-9-8-21(2)16-13(22)5-7-15(19-16)25-3/h5,7,12H,4,6,8-10H2,1-3H3/t12-/m0/s1. The molecular formula is C17H22N6O2. The van der Waals surface area contributed by atoms with Gasteiger partial charge in [0.2, 0.25) is 11.8 Å². The molecule has 132 valence electrons. The second kappa shape index (κ2) is 6.02. The molecule has 1 atom stereocenters. The van der Waals surface area contributed by atoms with Gasteiger partial charge in [-0.25, -0.2) is 9.67 Å². The second-order valence-electron chi connectivity index (χ2n) is 6.60. The highest BCUT2D eigenvalue weighted by molar-refractivity contribution is 5.98. The first-order valence-electron chi connectivity index (χ1n) is 8.54. The number of pyridine rings is 1. The summed E-state index contributed by atoms with van der Waals surface area (Å²) in [6.45, 7) is 3.90. The van der Waals surface area contributed by atoms with Crippen LogP contribution in [0.3, 0.4) is 0 Å². The van der Waals surface area contributed by atoms with Crippen LogP contribution in [0.15, 0.2) is 12.1 Å². The van der Waals surface area contributed by atoms with Gasteiger partial charge >= 0.3 is 0 Å². The summed E-state index contributed by atoms with van der Waals surface area (Å²) >= 11 is 0. The Morgan fingerprint density at radius 3 is 2.92 bits per heavy atom.